The topological polar surface area (TPSA) is 71.2 Å². The van der Waals surface area contributed by atoms with Crippen molar-refractivity contribution in [1.29, 1.82) is 0 Å². The van der Waals surface area contributed by atoms with Crippen molar-refractivity contribution in [2.24, 2.45) is 0 Å². The zero-order chi connectivity index (χ0) is 12.1. The van der Waals surface area contributed by atoms with Gasteiger partial charge in [0.15, 0.2) is 5.82 Å². The van der Waals surface area contributed by atoms with Gasteiger partial charge in [0.2, 0.25) is 6.39 Å². The minimum absolute atomic E-state index is 0.0784. The molecule has 0 saturated heterocycles. The van der Waals surface area contributed by atoms with Gasteiger partial charge in [-0.05, 0) is 12.5 Å². The van der Waals surface area contributed by atoms with E-state index in [1.165, 1.54) is 6.39 Å². The lowest BCUT2D eigenvalue weighted by atomic mass is 10.0. The SMILES string of the molecule is CCC(NCc1ncon1)c1ccccc1O. The smallest absolute Gasteiger partial charge is 0.213 e. The Kier molecular flexibility index (Phi) is 3.72. The normalized spacial score (nSPS) is 12.5. The molecule has 0 aliphatic carbocycles. The third kappa shape index (κ3) is 2.82. The molecule has 0 amide bonds. The summed E-state index contributed by atoms with van der Waals surface area (Å²) in [5.74, 6) is 0.916. The number of benzene rings is 1. The summed E-state index contributed by atoms with van der Waals surface area (Å²) < 4.78 is 4.66. The van der Waals surface area contributed by atoms with Crippen LogP contribution in [0, 0.1) is 0 Å². The van der Waals surface area contributed by atoms with Crippen LogP contribution < -0.4 is 5.32 Å². The molecule has 0 saturated carbocycles. The van der Waals surface area contributed by atoms with Gasteiger partial charge in [0.05, 0.1) is 6.54 Å². The van der Waals surface area contributed by atoms with Crippen molar-refractivity contribution in [2.45, 2.75) is 25.9 Å². The molecule has 5 heteroatoms. The number of aromatic hydroxyl groups is 1. The number of phenolic OH excluding ortho intramolecular Hbond substituents is 1. The summed E-state index contributed by atoms with van der Waals surface area (Å²) in [4.78, 5) is 3.94. The Labute approximate surface area is 99.5 Å². The van der Waals surface area contributed by atoms with E-state index < -0.39 is 0 Å². The Hall–Kier alpha value is -1.88. The Morgan fingerprint density at radius 2 is 2.24 bits per heavy atom. The van der Waals surface area contributed by atoms with Crippen LogP contribution >= 0.6 is 0 Å². The van der Waals surface area contributed by atoms with Crippen LogP contribution in [0.2, 0.25) is 0 Å². The summed E-state index contributed by atoms with van der Waals surface area (Å²) in [6, 6.07) is 7.40. The Bertz CT molecular complexity index is 457. The van der Waals surface area contributed by atoms with Crippen molar-refractivity contribution in [1.82, 2.24) is 15.5 Å². The molecule has 0 bridgehead atoms. The number of phenols is 1. The predicted octanol–water partition coefficient (Wildman–Crippen LogP) is 2.02. The van der Waals surface area contributed by atoms with E-state index in [0.717, 1.165) is 12.0 Å². The van der Waals surface area contributed by atoms with Crippen LogP contribution in [-0.4, -0.2) is 15.2 Å². The average molecular weight is 233 g/mol. The van der Waals surface area contributed by atoms with E-state index in [4.69, 9.17) is 0 Å². The molecule has 2 N–H and O–H groups in total. The third-order valence-electron chi connectivity index (χ3n) is 2.63. The number of rotatable bonds is 5. The van der Waals surface area contributed by atoms with Crippen LogP contribution in [-0.2, 0) is 6.54 Å². The van der Waals surface area contributed by atoms with Gasteiger partial charge in [0.1, 0.15) is 5.75 Å². The van der Waals surface area contributed by atoms with Crippen molar-refractivity contribution in [3.63, 3.8) is 0 Å². The minimum Gasteiger partial charge on any atom is -0.508 e. The third-order valence-corrected chi connectivity index (χ3v) is 2.63. The first kappa shape index (κ1) is 11.6. The van der Waals surface area contributed by atoms with Gasteiger partial charge in [-0.2, -0.15) is 4.98 Å². The summed E-state index contributed by atoms with van der Waals surface area (Å²) in [6.07, 6.45) is 2.17. The molecule has 1 heterocycles. The molecule has 90 valence electrons. The highest BCUT2D eigenvalue weighted by atomic mass is 16.5. The molecule has 1 unspecified atom stereocenters. The maximum atomic E-state index is 9.78. The van der Waals surface area contributed by atoms with Gasteiger partial charge < -0.3 is 14.9 Å². The zero-order valence-electron chi connectivity index (χ0n) is 9.63. The second-order valence-electron chi connectivity index (χ2n) is 3.75. The van der Waals surface area contributed by atoms with Gasteiger partial charge in [0, 0.05) is 11.6 Å². The second kappa shape index (κ2) is 5.45. The Morgan fingerprint density at radius 3 is 2.88 bits per heavy atom. The largest absolute Gasteiger partial charge is 0.508 e. The number of hydrogen-bond donors (Lipinski definition) is 2. The lowest BCUT2D eigenvalue weighted by Gasteiger charge is -2.17. The van der Waals surface area contributed by atoms with E-state index in [0.29, 0.717) is 18.1 Å². The second-order valence-corrected chi connectivity index (χ2v) is 3.75. The monoisotopic (exact) mass is 233 g/mol. The highest BCUT2D eigenvalue weighted by molar-refractivity contribution is 5.34. The van der Waals surface area contributed by atoms with Gasteiger partial charge in [-0.25, -0.2) is 0 Å². The lowest BCUT2D eigenvalue weighted by Crippen LogP contribution is -2.21. The van der Waals surface area contributed by atoms with Crippen LogP contribution in [0.25, 0.3) is 0 Å². The minimum atomic E-state index is 0.0784. The maximum absolute atomic E-state index is 9.78. The quantitative estimate of drug-likeness (QED) is 0.826. The number of nitrogens with one attached hydrogen (secondary N) is 1. The molecule has 0 radical (unpaired) electrons. The van der Waals surface area contributed by atoms with E-state index in [1.54, 1.807) is 6.07 Å². The number of nitrogens with zero attached hydrogens (tertiary/aromatic N) is 2. The summed E-state index contributed by atoms with van der Waals surface area (Å²) in [5, 5.41) is 16.8. The Balaban J connectivity index is 2.04. The fourth-order valence-electron chi connectivity index (χ4n) is 1.74. The lowest BCUT2D eigenvalue weighted by molar-refractivity contribution is 0.400. The first-order valence-corrected chi connectivity index (χ1v) is 5.57. The van der Waals surface area contributed by atoms with Crippen molar-refractivity contribution < 1.29 is 9.63 Å². The molecular weight excluding hydrogens is 218 g/mol. The van der Waals surface area contributed by atoms with Crippen LogP contribution in [0.3, 0.4) is 0 Å². The molecule has 1 aromatic heterocycles. The van der Waals surface area contributed by atoms with Crippen molar-refractivity contribution in [3.05, 3.63) is 42.0 Å². The van der Waals surface area contributed by atoms with Crippen LogP contribution in [0.1, 0.15) is 30.8 Å². The molecule has 0 fully saturated rings. The van der Waals surface area contributed by atoms with Crippen LogP contribution in [0.4, 0.5) is 0 Å². The van der Waals surface area contributed by atoms with Crippen molar-refractivity contribution >= 4 is 0 Å². The van der Waals surface area contributed by atoms with Crippen molar-refractivity contribution in [2.75, 3.05) is 0 Å². The van der Waals surface area contributed by atoms with E-state index in [1.807, 2.05) is 18.2 Å². The summed E-state index contributed by atoms with van der Waals surface area (Å²) in [5.41, 5.74) is 0.887. The van der Waals surface area contributed by atoms with Crippen molar-refractivity contribution in [3.8, 4) is 5.75 Å². The van der Waals surface area contributed by atoms with E-state index in [9.17, 15) is 5.11 Å². The molecule has 1 aromatic carbocycles. The van der Waals surface area contributed by atoms with Gasteiger partial charge in [-0.1, -0.05) is 30.3 Å². The predicted molar refractivity (Wildman–Crippen MR) is 62.3 cm³/mol. The molecule has 2 aromatic rings. The zero-order valence-corrected chi connectivity index (χ0v) is 9.63. The standard InChI is InChI=1S/C12H15N3O2/c1-2-10(9-5-3-4-6-11(9)16)13-7-12-14-8-17-15-12/h3-6,8,10,13,16H,2,7H2,1H3. The van der Waals surface area contributed by atoms with Gasteiger partial charge >= 0.3 is 0 Å². The Morgan fingerprint density at radius 1 is 1.41 bits per heavy atom. The van der Waals surface area contributed by atoms with Gasteiger partial charge in [-0.15, -0.1) is 0 Å². The van der Waals surface area contributed by atoms with Gasteiger partial charge in [0.25, 0.3) is 0 Å². The average Bonchev–Trinajstić information content (AvgIpc) is 2.85. The molecule has 1 atom stereocenters. The molecule has 17 heavy (non-hydrogen) atoms. The fraction of sp³-hybridized carbons (Fsp3) is 0.333. The molecular formula is C12H15N3O2. The van der Waals surface area contributed by atoms with E-state index in [2.05, 4.69) is 26.9 Å². The van der Waals surface area contributed by atoms with Crippen LogP contribution in [0.5, 0.6) is 5.75 Å². The fourth-order valence-corrected chi connectivity index (χ4v) is 1.74. The maximum Gasteiger partial charge on any atom is 0.213 e. The molecule has 0 aliphatic heterocycles. The number of para-hydroxylation sites is 1. The number of aromatic nitrogens is 2. The molecule has 0 aliphatic rings. The van der Waals surface area contributed by atoms with E-state index in [-0.39, 0.29) is 6.04 Å². The molecule has 2 rings (SSSR count). The number of hydrogen-bond acceptors (Lipinski definition) is 5. The summed E-state index contributed by atoms with van der Waals surface area (Å²) in [6.45, 7) is 2.57. The van der Waals surface area contributed by atoms with Crippen LogP contribution in [0.15, 0.2) is 35.2 Å². The van der Waals surface area contributed by atoms with Gasteiger partial charge in [-0.3, -0.25) is 0 Å². The first-order valence-electron chi connectivity index (χ1n) is 5.57. The highest BCUT2D eigenvalue weighted by Gasteiger charge is 2.13. The summed E-state index contributed by atoms with van der Waals surface area (Å²) in [7, 11) is 0. The summed E-state index contributed by atoms with van der Waals surface area (Å²) >= 11 is 0. The molecule has 5 nitrogen and oxygen atoms in total. The van der Waals surface area contributed by atoms with E-state index >= 15 is 0 Å². The molecule has 0 spiro atoms. The first-order chi connectivity index (χ1) is 8.31. The highest BCUT2D eigenvalue weighted by Crippen LogP contribution is 2.25.